The smallest absolute Gasteiger partial charge is 0.330 e. The molecule has 0 aromatic carbocycles. The molecule has 0 aromatic heterocycles. The Morgan fingerprint density at radius 3 is 1.42 bits per heavy atom. The summed E-state index contributed by atoms with van der Waals surface area (Å²) >= 11 is 0. The lowest BCUT2D eigenvalue weighted by atomic mass is 10.0. The Bertz CT molecular complexity index is 386. The van der Waals surface area contributed by atoms with Crippen LogP contribution in [-0.4, -0.2) is 25.2 Å². The fourth-order valence-corrected chi connectivity index (χ4v) is 2.56. The van der Waals surface area contributed by atoms with E-state index in [-0.39, 0.29) is 11.9 Å². The largest absolute Gasteiger partial charge is 0.462 e. The average molecular weight is 367 g/mol. The quantitative estimate of drug-likeness (QED) is 0.214. The van der Waals surface area contributed by atoms with Crippen molar-refractivity contribution in [3.05, 3.63) is 24.3 Å². The Morgan fingerprint density at radius 2 is 1.12 bits per heavy atom. The number of allylic oxidation sites excluding steroid dienone is 2. The second-order valence-corrected chi connectivity index (χ2v) is 6.81. The fourth-order valence-electron chi connectivity index (χ4n) is 2.56. The Labute approximate surface area is 160 Å². The molecule has 0 amide bonds. The van der Waals surface area contributed by atoms with E-state index in [1.54, 1.807) is 0 Å². The number of unbranched alkanes of at least 4 members (excludes halogenated alkanes) is 2. The van der Waals surface area contributed by atoms with Crippen LogP contribution in [0.2, 0.25) is 0 Å². The maximum Gasteiger partial charge on any atom is 0.330 e. The number of ether oxygens (including phenoxy) is 2. The first-order chi connectivity index (χ1) is 12.6. The summed E-state index contributed by atoms with van der Waals surface area (Å²) in [5, 5.41) is 0. The summed E-state index contributed by atoms with van der Waals surface area (Å²) < 4.78 is 10.5. The van der Waals surface area contributed by atoms with E-state index in [1.165, 1.54) is 24.3 Å². The van der Waals surface area contributed by atoms with Crippen LogP contribution in [0.3, 0.4) is 0 Å². The summed E-state index contributed by atoms with van der Waals surface area (Å²) in [6, 6.07) is 0. The minimum atomic E-state index is -0.372. The predicted octanol–water partition coefficient (Wildman–Crippen LogP) is 5.62. The highest BCUT2D eigenvalue weighted by Gasteiger charge is 2.09. The zero-order valence-corrected chi connectivity index (χ0v) is 17.2. The molecule has 150 valence electrons. The molecule has 0 saturated heterocycles. The molecule has 0 fully saturated rings. The van der Waals surface area contributed by atoms with E-state index in [4.69, 9.17) is 9.47 Å². The molecule has 0 aliphatic carbocycles. The Morgan fingerprint density at radius 1 is 0.731 bits per heavy atom. The topological polar surface area (TPSA) is 52.6 Å². The molecule has 0 aromatic rings. The van der Waals surface area contributed by atoms with E-state index >= 15 is 0 Å². The summed E-state index contributed by atoms with van der Waals surface area (Å²) in [5.41, 5.74) is 0. The molecule has 0 spiro atoms. The van der Waals surface area contributed by atoms with Crippen LogP contribution >= 0.6 is 0 Å². The summed E-state index contributed by atoms with van der Waals surface area (Å²) in [5.74, 6) is 0.112. The summed E-state index contributed by atoms with van der Waals surface area (Å²) in [7, 11) is 0. The van der Waals surface area contributed by atoms with Crippen LogP contribution in [0.25, 0.3) is 0 Å². The van der Waals surface area contributed by atoms with Gasteiger partial charge in [0.25, 0.3) is 0 Å². The number of rotatable bonds is 15. The van der Waals surface area contributed by atoms with E-state index in [2.05, 4.69) is 27.7 Å². The minimum absolute atomic E-state index is 0.372. The monoisotopic (exact) mass is 366 g/mol. The lowest BCUT2D eigenvalue weighted by molar-refractivity contribution is -0.140. The maximum atomic E-state index is 11.7. The van der Waals surface area contributed by atoms with Gasteiger partial charge in [0.15, 0.2) is 0 Å². The van der Waals surface area contributed by atoms with E-state index in [1.807, 2.05) is 0 Å². The maximum absolute atomic E-state index is 11.7. The molecule has 0 radical (unpaired) electrons. The molecule has 0 aliphatic heterocycles. The van der Waals surface area contributed by atoms with E-state index in [9.17, 15) is 9.59 Å². The zero-order chi connectivity index (χ0) is 19.6. The van der Waals surface area contributed by atoms with Crippen molar-refractivity contribution < 1.29 is 19.1 Å². The minimum Gasteiger partial charge on any atom is -0.462 e. The zero-order valence-electron chi connectivity index (χ0n) is 17.2. The van der Waals surface area contributed by atoms with Crippen molar-refractivity contribution in [3.8, 4) is 0 Å². The Balaban J connectivity index is 4.05. The Hall–Kier alpha value is -1.58. The molecule has 2 atom stereocenters. The van der Waals surface area contributed by atoms with Gasteiger partial charge in [-0.3, -0.25) is 0 Å². The van der Waals surface area contributed by atoms with Crippen LogP contribution in [0.5, 0.6) is 0 Å². The van der Waals surface area contributed by atoms with Crippen LogP contribution in [0.15, 0.2) is 24.3 Å². The highest BCUT2D eigenvalue weighted by Crippen LogP contribution is 2.13. The lowest BCUT2D eigenvalue weighted by Gasteiger charge is -2.13. The molecule has 26 heavy (non-hydrogen) atoms. The molecule has 0 aliphatic rings. The molecule has 0 bridgehead atoms. The molecule has 2 unspecified atom stereocenters. The third kappa shape index (κ3) is 13.7. The van der Waals surface area contributed by atoms with Crippen LogP contribution in [0.4, 0.5) is 0 Å². The second-order valence-electron chi connectivity index (χ2n) is 6.81. The number of hydrogen-bond acceptors (Lipinski definition) is 4. The second kappa shape index (κ2) is 16.9. The van der Waals surface area contributed by atoms with Gasteiger partial charge in [-0.1, -0.05) is 78.4 Å². The van der Waals surface area contributed by atoms with Gasteiger partial charge in [0.1, 0.15) is 0 Å². The van der Waals surface area contributed by atoms with Crippen molar-refractivity contribution in [2.24, 2.45) is 11.8 Å². The average Bonchev–Trinajstić information content (AvgIpc) is 2.65. The normalized spacial score (nSPS) is 13.8. The standard InChI is InChI=1S/C22H38O4/c1-5-9-13-19(7-3)17-25-21(23)15-11-12-16-22(24)26-18-20(8-4)14-10-6-2/h11-12,15-16,19-20H,5-10,13-14,17-18H2,1-4H3/b15-11-,16-12-. The SMILES string of the molecule is CCCCC(CC)COC(=O)/C=C\C=C/C(=O)OCC(CC)CCCC. The van der Waals surface area contributed by atoms with Crippen molar-refractivity contribution in [1.82, 2.24) is 0 Å². The van der Waals surface area contributed by atoms with E-state index in [0.717, 1.165) is 51.4 Å². The molecule has 0 saturated carbocycles. The van der Waals surface area contributed by atoms with Gasteiger partial charge in [-0.25, -0.2) is 9.59 Å². The summed E-state index contributed by atoms with van der Waals surface area (Å²) in [6.07, 6.45) is 14.6. The van der Waals surface area contributed by atoms with Gasteiger partial charge in [0.2, 0.25) is 0 Å². The molecule has 0 heterocycles. The van der Waals surface area contributed by atoms with Crippen molar-refractivity contribution in [2.75, 3.05) is 13.2 Å². The number of esters is 2. The van der Waals surface area contributed by atoms with Crippen LogP contribution in [0.1, 0.15) is 79.1 Å². The molecular formula is C22H38O4. The van der Waals surface area contributed by atoms with Gasteiger partial charge in [-0.15, -0.1) is 0 Å². The molecule has 4 nitrogen and oxygen atoms in total. The first kappa shape index (κ1) is 24.4. The highest BCUT2D eigenvalue weighted by molar-refractivity contribution is 5.84. The van der Waals surface area contributed by atoms with Gasteiger partial charge < -0.3 is 9.47 Å². The van der Waals surface area contributed by atoms with Crippen LogP contribution in [-0.2, 0) is 19.1 Å². The lowest BCUT2D eigenvalue weighted by Crippen LogP contribution is -2.12. The van der Waals surface area contributed by atoms with Crippen LogP contribution in [0, 0.1) is 11.8 Å². The van der Waals surface area contributed by atoms with Crippen molar-refractivity contribution >= 4 is 11.9 Å². The predicted molar refractivity (Wildman–Crippen MR) is 107 cm³/mol. The van der Waals surface area contributed by atoms with Crippen molar-refractivity contribution in [2.45, 2.75) is 79.1 Å². The summed E-state index contributed by atoms with van der Waals surface area (Å²) in [4.78, 5) is 23.4. The molecular weight excluding hydrogens is 328 g/mol. The van der Waals surface area contributed by atoms with Crippen LogP contribution < -0.4 is 0 Å². The van der Waals surface area contributed by atoms with Gasteiger partial charge >= 0.3 is 11.9 Å². The van der Waals surface area contributed by atoms with Crippen molar-refractivity contribution in [1.29, 1.82) is 0 Å². The summed E-state index contributed by atoms with van der Waals surface area (Å²) in [6.45, 7) is 9.47. The van der Waals surface area contributed by atoms with Gasteiger partial charge in [0.05, 0.1) is 13.2 Å². The van der Waals surface area contributed by atoms with E-state index < -0.39 is 0 Å². The van der Waals surface area contributed by atoms with Gasteiger partial charge in [-0.2, -0.15) is 0 Å². The Kier molecular flexibility index (Phi) is 15.8. The molecule has 0 N–H and O–H groups in total. The molecule has 0 rings (SSSR count). The van der Waals surface area contributed by atoms with Gasteiger partial charge in [-0.05, 0) is 24.7 Å². The molecule has 4 heteroatoms. The highest BCUT2D eigenvalue weighted by atomic mass is 16.5. The third-order valence-corrected chi connectivity index (χ3v) is 4.58. The number of carbonyl (C=O) groups excluding carboxylic acids is 2. The number of carbonyl (C=O) groups is 2. The first-order valence-electron chi connectivity index (χ1n) is 10.2. The van der Waals surface area contributed by atoms with Gasteiger partial charge in [0, 0.05) is 12.2 Å². The van der Waals surface area contributed by atoms with E-state index in [0.29, 0.717) is 25.0 Å². The number of hydrogen-bond donors (Lipinski definition) is 0. The van der Waals surface area contributed by atoms with Crippen molar-refractivity contribution in [3.63, 3.8) is 0 Å². The first-order valence-corrected chi connectivity index (χ1v) is 10.2. The third-order valence-electron chi connectivity index (χ3n) is 4.58. The fraction of sp³-hybridized carbons (Fsp3) is 0.727.